The first-order chi connectivity index (χ1) is 10.4. The van der Waals surface area contributed by atoms with Crippen molar-refractivity contribution in [3.63, 3.8) is 0 Å². The van der Waals surface area contributed by atoms with E-state index in [9.17, 15) is 9.59 Å². The molecule has 114 valence electrons. The van der Waals surface area contributed by atoms with E-state index in [0.717, 1.165) is 21.6 Å². The van der Waals surface area contributed by atoms with Gasteiger partial charge in [0.05, 0.1) is 5.56 Å². The normalized spacial score (nSPS) is 15.8. The molecule has 1 aromatic carbocycles. The van der Waals surface area contributed by atoms with Crippen LogP contribution >= 0.6 is 22.9 Å². The van der Waals surface area contributed by atoms with E-state index in [2.05, 4.69) is 12.2 Å². The van der Waals surface area contributed by atoms with E-state index in [-0.39, 0.29) is 5.92 Å². The Labute approximate surface area is 136 Å². The maximum atomic E-state index is 11.8. The highest BCUT2D eigenvalue weighted by Gasteiger charge is 2.31. The SMILES string of the molecule is CC1Cc2c(sc(NC(N)=O)c2C(N)=O)-c2cccc(Cl)c21. The van der Waals surface area contributed by atoms with Crippen molar-refractivity contribution >= 4 is 39.9 Å². The summed E-state index contributed by atoms with van der Waals surface area (Å²) in [5.74, 6) is -0.413. The van der Waals surface area contributed by atoms with Crippen LogP contribution in [-0.2, 0) is 6.42 Å². The quantitative estimate of drug-likeness (QED) is 0.784. The van der Waals surface area contributed by atoms with E-state index >= 15 is 0 Å². The molecule has 2 aromatic rings. The lowest BCUT2D eigenvalue weighted by molar-refractivity contribution is 0.100. The lowest BCUT2D eigenvalue weighted by atomic mass is 9.82. The molecule has 0 fully saturated rings. The second-order valence-corrected chi connectivity index (χ2v) is 6.70. The highest BCUT2D eigenvalue weighted by molar-refractivity contribution is 7.20. The first kappa shape index (κ1) is 14.9. The lowest BCUT2D eigenvalue weighted by Gasteiger charge is -2.24. The number of rotatable bonds is 2. The van der Waals surface area contributed by atoms with Gasteiger partial charge in [0.15, 0.2) is 0 Å². The lowest BCUT2D eigenvalue weighted by Crippen LogP contribution is -2.22. The summed E-state index contributed by atoms with van der Waals surface area (Å²) in [6.45, 7) is 2.05. The highest BCUT2D eigenvalue weighted by Crippen LogP contribution is 2.49. The molecule has 1 aliphatic carbocycles. The summed E-state index contributed by atoms with van der Waals surface area (Å²) < 4.78 is 0. The van der Waals surface area contributed by atoms with Gasteiger partial charge in [-0.3, -0.25) is 10.1 Å². The molecule has 1 unspecified atom stereocenters. The van der Waals surface area contributed by atoms with Crippen molar-refractivity contribution < 1.29 is 9.59 Å². The van der Waals surface area contributed by atoms with Crippen molar-refractivity contribution in [2.75, 3.05) is 5.32 Å². The minimum absolute atomic E-state index is 0.158. The smallest absolute Gasteiger partial charge is 0.317 e. The number of primary amides is 2. The molecule has 0 aliphatic heterocycles. The molecule has 0 bridgehead atoms. The van der Waals surface area contributed by atoms with Crippen molar-refractivity contribution in [1.29, 1.82) is 0 Å². The number of amides is 3. The van der Waals surface area contributed by atoms with Crippen LogP contribution in [0.2, 0.25) is 5.02 Å². The van der Waals surface area contributed by atoms with Gasteiger partial charge < -0.3 is 11.5 Å². The van der Waals surface area contributed by atoms with Gasteiger partial charge in [0, 0.05) is 9.90 Å². The topological polar surface area (TPSA) is 98.2 Å². The Kier molecular flexibility index (Phi) is 3.58. The molecule has 1 atom stereocenters. The van der Waals surface area contributed by atoms with Gasteiger partial charge in [-0.2, -0.15) is 0 Å². The van der Waals surface area contributed by atoms with Gasteiger partial charge in [-0.05, 0) is 35.1 Å². The zero-order valence-corrected chi connectivity index (χ0v) is 13.3. The number of carbonyl (C=O) groups excluding carboxylic acids is 2. The van der Waals surface area contributed by atoms with Gasteiger partial charge in [0.25, 0.3) is 5.91 Å². The Morgan fingerprint density at radius 2 is 2.09 bits per heavy atom. The van der Waals surface area contributed by atoms with Gasteiger partial charge >= 0.3 is 6.03 Å². The standard InChI is InChI=1S/C15H14ClN3O2S/c1-6-5-8-11(13(17)20)14(19-15(18)21)22-12(8)7-3-2-4-9(16)10(6)7/h2-4,6H,5H2,1H3,(H2,17,20)(H3,18,19,21). The van der Waals surface area contributed by atoms with E-state index in [0.29, 0.717) is 22.0 Å². The second-order valence-electron chi connectivity index (χ2n) is 5.27. The minimum Gasteiger partial charge on any atom is -0.365 e. The Bertz CT molecular complexity index is 800. The maximum absolute atomic E-state index is 11.8. The molecule has 22 heavy (non-hydrogen) atoms. The van der Waals surface area contributed by atoms with Crippen LogP contribution in [0.5, 0.6) is 0 Å². The fraction of sp³-hybridized carbons (Fsp3) is 0.200. The van der Waals surface area contributed by atoms with Crippen LogP contribution in [0.1, 0.15) is 34.3 Å². The van der Waals surface area contributed by atoms with E-state index in [1.54, 1.807) is 0 Å². The van der Waals surface area contributed by atoms with Crippen LogP contribution < -0.4 is 16.8 Å². The Hall–Kier alpha value is -2.05. The number of hydrogen-bond acceptors (Lipinski definition) is 3. The summed E-state index contributed by atoms with van der Waals surface area (Å²) in [5.41, 5.74) is 13.9. The second kappa shape index (κ2) is 5.30. The summed E-state index contributed by atoms with van der Waals surface area (Å²) in [4.78, 5) is 23.9. The molecule has 3 amide bonds. The molecule has 7 heteroatoms. The fourth-order valence-electron chi connectivity index (χ4n) is 2.98. The largest absolute Gasteiger partial charge is 0.365 e. The average molecular weight is 336 g/mol. The van der Waals surface area contributed by atoms with E-state index < -0.39 is 11.9 Å². The average Bonchev–Trinajstić information content (AvgIpc) is 2.76. The van der Waals surface area contributed by atoms with Crippen molar-refractivity contribution in [3.8, 4) is 10.4 Å². The number of hydrogen-bond donors (Lipinski definition) is 3. The monoisotopic (exact) mass is 335 g/mol. The molecule has 1 aliphatic rings. The third kappa shape index (κ3) is 2.24. The molecule has 1 aromatic heterocycles. The van der Waals surface area contributed by atoms with E-state index in [1.807, 2.05) is 18.2 Å². The van der Waals surface area contributed by atoms with Crippen molar-refractivity contribution in [2.24, 2.45) is 11.5 Å². The van der Waals surface area contributed by atoms with E-state index in [1.165, 1.54) is 11.3 Å². The number of halogens is 1. The summed E-state index contributed by atoms with van der Waals surface area (Å²) in [6.07, 6.45) is 0.640. The van der Waals surface area contributed by atoms with E-state index in [4.69, 9.17) is 23.1 Å². The number of nitrogens with one attached hydrogen (secondary N) is 1. The van der Waals surface area contributed by atoms with Gasteiger partial charge in [-0.1, -0.05) is 30.7 Å². The fourth-order valence-corrected chi connectivity index (χ4v) is 4.62. The molecule has 0 spiro atoms. The van der Waals surface area contributed by atoms with Crippen molar-refractivity contribution in [1.82, 2.24) is 0 Å². The third-order valence-corrected chi connectivity index (χ3v) is 5.30. The zero-order valence-electron chi connectivity index (χ0n) is 11.8. The first-order valence-corrected chi connectivity index (χ1v) is 7.90. The number of fused-ring (bicyclic) bond motifs is 3. The van der Waals surface area contributed by atoms with Crippen LogP contribution in [-0.4, -0.2) is 11.9 Å². The summed E-state index contributed by atoms with van der Waals surface area (Å²) in [6, 6.07) is 4.96. The number of benzene rings is 1. The minimum atomic E-state index is -0.722. The molecule has 0 radical (unpaired) electrons. The maximum Gasteiger partial charge on any atom is 0.317 e. The molecular formula is C15H14ClN3O2S. The summed E-state index contributed by atoms with van der Waals surface area (Å²) in [5, 5.41) is 3.59. The predicted octanol–water partition coefficient (Wildman–Crippen LogP) is 3.32. The number of thiophene rings is 1. The Morgan fingerprint density at radius 1 is 1.36 bits per heavy atom. The first-order valence-electron chi connectivity index (χ1n) is 6.70. The summed E-state index contributed by atoms with van der Waals surface area (Å²) in [7, 11) is 0. The van der Waals surface area contributed by atoms with Crippen molar-refractivity contribution in [2.45, 2.75) is 19.3 Å². The van der Waals surface area contributed by atoms with Crippen LogP contribution in [0, 0.1) is 0 Å². The number of anilines is 1. The molecule has 1 heterocycles. The molecular weight excluding hydrogens is 322 g/mol. The van der Waals surface area contributed by atoms with Gasteiger partial charge in [0.2, 0.25) is 0 Å². The number of urea groups is 1. The third-order valence-electron chi connectivity index (χ3n) is 3.79. The molecule has 0 saturated carbocycles. The molecule has 0 saturated heterocycles. The van der Waals surface area contributed by atoms with Gasteiger partial charge in [-0.15, -0.1) is 11.3 Å². The van der Waals surface area contributed by atoms with Crippen molar-refractivity contribution in [3.05, 3.63) is 39.9 Å². The van der Waals surface area contributed by atoms with Crippen LogP contribution in [0.3, 0.4) is 0 Å². The highest BCUT2D eigenvalue weighted by atomic mass is 35.5. The number of nitrogens with two attached hydrogens (primary N) is 2. The molecule has 5 N–H and O–H groups in total. The van der Waals surface area contributed by atoms with Crippen LogP contribution in [0.4, 0.5) is 9.80 Å². The van der Waals surface area contributed by atoms with Gasteiger partial charge in [-0.25, -0.2) is 4.79 Å². The van der Waals surface area contributed by atoms with Gasteiger partial charge in [0.1, 0.15) is 5.00 Å². The molecule has 5 nitrogen and oxygen atoms in total. The summed E-state index contributed by atoms with van der Waals surface area (Å²) >= 11 is 7.62. The zero-order chi connectivity index (χ0) is 16.0. The van der Waals surface area contributed by atoms with Crippen LogP contribution in [0.25, 0.3) is 10.4 Å². The van der Waals surface area contributed by atoms with Crippen LogP contribution in [0.15, 0.2) is 18.2 Å². The number of carbonyl (C=O) groups is 2. The molecule has 3 rings (SSSR count). The Balaban J connectivity index is 2.27. The predicted molar refractivity (Wildman–Crippen MR) is 88.6 cm³/mol. The Morgan fingerprint density at radius 3 is 2.73 bits per heavy atom.